The molecule has 0 aliphatic heterocycles. The Morgan fingerprint density at radius 3 is 2.75 bits per heavy atom. The summed E-state index contributed by atoms with van der Waals surface area (Å²) in [7, 11) is 1.83. The average Bonchev–Trinajstić information content (AvgIpc) is 2.68. The predicted molar refractivity (Wildman–Crippen MR) is 59.6 cm³/mol. The van der Waals surface area contributed by atoms with Crippen LogP contribution >= 0.6 is 0 Å². The maximum Gasteiger partial charge on any atom is 0.142 e. The molecule has 0 spiro atoms. The maximum absolute atomic E-state index is 8.96. The van der Waals surface area contributed by atoms with Gasteiger partial charge in [0.25, 0.3) is 0 Å². The van der Waals surface area contributed by atoms with Crippen molar-refractivity contribution >= 4 is 0 Å². The summed E-state index contributed by atoms with van der Waals surface area (Å²) in [6, 6.07) is 6.13. The standard InChI is InChI=1S/C12H12N4/c1-16-9-15-11(12(16)8-13)3-2-10-4-6-14-7-5-10/h4-7,9H,2-3H2,1H3. The number of pyridine rings is 1. The predicted octanol–water partition coefficient (Wildman–Crippen LogP) is 1.47. The lowest BCUT2D eigenvalue weighted by Gasteiger charge is -1.99. The fourth-order valence-corrected chi connectivity index (χ4v) is 1.62. The molecule has 4 nitrogen and oxygen atoms in total. The van der Waals surface area contributed by atoms with Crippen LogP contribution in [0.2, 0.25) is 0 Å². The van der Waals surface area contributed by atoms with E-state index in [0.29, 0.717) is 5.69 Å². The van der Waals surface area contributed by atoms with Gasteiger partial charge in [-0.1, -0.05) is 0 Å². The second-order valence-corrected chi connectivity index (χ2v) is 3.62. The van der Waals surface area contributed by atoms with Crippen molar-refractivity contribution in [3.63, 3.8) is 0 Å². The molecule has 0 aliphatic rings. The van der Waals surface area contributed by atoms with E-state index in [0.717, 1.165) is 18.5 Å². The van der Waals surface area contributed by atoms with E-state index >= 15 is 0 Å². The van der Waals surface area contributed by atoms with Crippen molar-refractivity contribution in [1.82, 2.24) is 14.5 Å². The molecule has 2 aromatic rings. The maximum atomic E-state index is 8.96. The van der Waals surface area contributed by atoms with Gasteiger partial charge in [-0.15, -0.1) is 0 Å². The Kier molecular flexibility index (Phi) is 2.97. The zero-order chi connectivity index (χ0) is 11.4. The molecule has 0 atom stereocenters. The van der Waals surface area contributed by atoms with Gasteiger partial charge in [0.05, 0.1) is 12.0 Å². The Bertz CT molecular complexity index is 508. The van der Waals surface area contributed by atoms with E-state index in [-0.39, 0.29) is 0 Å². The molecule has 0 saturated carbocycles. The zero-order valence-corrected chi connectivity index (χ0v) is 9.09. The number of hydrogen-bond donors (Lipinski definition) is 0. The monoisotopic (exact) mass is 212 g/mol. The second-order valence-electron chi connectivity index (χ2n) is 3.62. The minimum absolute atomic E-state index is 0.647. The van der Waals surface area contributed by atoms with Gasteiger partial charge in [-0.2, -0.15) is 5.26 Å². The molecular formula is C12H12N4. The number of aromatic nitrogens is 3. The molecule has 0 bridgehead atoms. The fraction of sp³-hybridized carbons (Fsp3) is 0.250. The normalized spacial score (nSPS) is 10.0. The number of nitrogens with zero attached hydrogens (tertiary/aromatic N) is 4. The second kappa shape index (κ2) is 4.58. The molecule has 0 saturated heterocycles. The van der Waals surface area contributed by atoms with E-state index in [9.17, 15) is 0 Å². The highest BCUT2D eigenvalue weighted by Crippen LogP contribution is 2.09. The van der Waals surface area contributed by atoms with Gasteiger partial charge in [0.15, 0.2) is 0 Å². The van der Waals surface area contributed by atoms with Crippen molar-refractivity contribution in [2.24, 2.45) is 7.05 Å². The number of aryl methyl sites for hydroxylation is 3. The van der Waals surface area contributed by atoms with Crippen LogP contribution in [0.25, 0.3) is 0 Å². The van der Waals surface area contributed by atoms with Crippen molar-refractivity contribution in [3.05, 3.63) is 47.8 Å². The van der Waals surface area contributed by atoms with Crippen LogP contribution in [0, 0.1) is 11.3 Å². The van der Waals surface area contributed by atoms with E-state index in [2.05, 4.69) is 16.0 Å². The Morgan fingerprint density at radius 1 is 1.31 bits per heavy atom. The summed E-state index contributed by atoms with van der Waals surface area (Å²) in [6.45, 7) is 0. The summed E-state index contributed by atoms with van der Waals surface area (Å²) in [5, 5.41) is 8.96. The fourth-order valence-electron chi connectivity index (χ4n) is 1.62. The van der Waals surface area contributed by atoms with Crippen LogP contribution in [0.5, 0.6) is 0 Å². The SMILES string of the molecule is Cn1cnc(CCc2ccncc2)c1C#N. The molecule has 0 amide bonds. The van der Waals surface area contributed by atoms with Gasteiger partial charge in [0, 0.05) is 19.4 Å². The van der Waals surface area contributed by atoms with Gasteiger partial charge in [-0.05, 0) is 30.5 Å². The van der Waals surface area contributed by atoms with E-state index in [1.165, 1.54) is 5.56 Å². The van der Waals surface area contributed by atoms with Crippen LogP contribution in [0.3, 0.4) is 0 Å². The minimum atomic E-state index is 0.647. The van der Waals surface area contributed by atoms with Gasteiger partial charge in [0.2, 0.25) is 0 Å². The molecule has 16 heavy (non-hydrogen) atoms. The Hall–Kier alpha value is -2.15. The third-order valence-electron chi connectivity index (χ3n) is 2.52. The molecule has 0 aliphatic carbocycles. The van der Waals surface area contributed by atoms with Gasteiger partial charge < -0.3 is 4.57 Å². The number of hydrogen-bond acceptors (Lipinski definition) is 3. The van der Waals surface area contributed by atoms with E-state index in [4.69, 9.17) is 5.26 Å². The highest BCUT2D eigenvalue weighted by Gasteiger charge is 2.07. The van der Waals surface area contributed by atoms with E-state index < -0.39 is 0 Å². The quantitative estimate of drug-likeness (QED) is 0.774. The number of rotatable bonds is 3. The molecule has 0 unspecified atom stereocenters. The van der Waals surface area contributed by atoms with Crippen molar-refractivity contribution in [2.75, 3.05) is 0 Å². The minimum Gasteiger partial charge on any atom is -0.325 e. The van der Waals surface area contributed by atoms with Gasteiger partial charge in [-0.25, -0.2) is 4.98 Å². The molecule has 2 heterocycles. The third-order valence-corrected chi connectivity index (χ3v) is 2.52. The van der Waals surface area contributed by atoms with Crippen molar-refractivity contribution in [1.29, 1.82) is 5.26 Å². The zero-order valence-electron chi connectivity index (χ0n) is 9.09. The first kappa shape index (κ1) is 10.4. The molecule has 80 valence electrons. The molecule has 0 fully saturated rings. The Morgan fingerprint density at radius 2 is 2.06 bits per heavy atom. The van der Waals surface area contributed by atoms with Crippen LogP contribution < -0.4 is 0 Å². The first-order valence-electron chi connectivity index (χ1n) is 5.10. The average molecular weight is 212 g/mol. The summed E-state index contributed by atoms with van der Waals surface area (Å²) < 4.78 is 1.75. The van der Waals surface area contributed by atoms with Crippen LogP contribution in [0.1, 0.15) is 17.0 Å². The van der Waals surface area contributed by atoms with Crippen molar-refractivity contribution in [2.45, 2.75) is 12.8 Å². The van der Waals surface area contributed by atoms with Crippen molar-refractivity contribution < 1.29 is 0 Å². The summed E-state index contributed by atoms with van der Waals surface area (Å²) >= 11 is 0. The molecular weight excluding hydrogens is 200 g/mol. The van der Waals surface area contributed by atoms with Crippen molar-refractivity contribution in [3.8, 4) is 6.07 Å². The molecule has 0 radical (unpaired) electrons. The van der Waals surface area contributed by atoms with Gasteiger partial charge in [0.1, 0.15) is 11.8 Å². The third kappa shape index (κ3) is 2.09. The molecule has 0 N–H and O–H groups in total. The number of nitriles is 1. The largest absolute Gasteiger partial charge is 0.325 e. The summed E-state index contributed by atoms with van der Waals surface area (Å²) in [5.41, 5.74) is 2.72. The lowest BCUT2D eigenvalue weighted by Crippen LogP contribution is -1.97. The first-order valence-corrected chi connectivity index (χ1v) is 5.10. The van der Waals surface area contributed by atoms with Crippen LogP contribution in [-0.4, -0.2) is 14.5 Å². The molecule has 4 heteroatoms. The van der Waals surface area contributed by atoms with E-state index in [1.807, 2.05) is 19.2 Å². The lowest BCUT2D eigenvalue weighted by atomic mass is 10.1. The molecule has 0 aromatic carbocycles. The van der Waals surface area contributed by atoms with Crippen LogP contribution in [-0.2, 0) is 19.9 Å². The highest BCUT2D eigenvalue weighted by atomic mass is 15.0. The Balaban J connectivity index is 2.09. The van der Waals surface area contributed by atoms with E-state index in [1.54, 1.807) is 23.3 Å². The topological polar surface area (TPSA) is 54.5 Å². The van der Waals surface area contributed by atoms with Gasteiger partial charge in [-0.3, -0.25) is 4.98 Å². The summed E-state index contributed by atoms with van der Waals surface area (Å²) in [5.74, 6) is 0. The summed E-state index contributed by atoms with van der Waals surface area (Å²) in [6.07, 6.45) is 6.90. The smallest absolute Gasteiger partial charge is 0.142 e. The Labute approximate surface area is 94.2 Å². The summed E-state index contributed by atoms with van der Waals surface area (Å²) in [4.78, 5) is 8.19. The van der Waals surface area contributed by atoms with Gasteiger partial charge >= 0.3 is 0 Å². The molecule has 2 aromatic heterocycles. The number of imidazole rings is 1. The lowest BCUT2D eigenvalue weighted by molar-refractivity contribution is 0.883. The first-order chi connectivity index (χ1) is 7.81. The van der Waals surface area contributed by atoms with Crippen LogP contribution in [0.15, 0.2) is 30.9 Å². The molecule has 2 rings (SSSR count). The van der Waals surface area contributed by atoms with Crippen LogP contribution in [0.4, 0.5) is 0 Å². The highest BCUT2D eigenvalue weighted by molar-refractivity contribution is 5.27.